The van der Waals surface area contributed by atoms with Gasteiger partial charge in [0.15, 0.2) is 0 Å². The SMILES string of the molecule is Cc1ccc(C)c2c(CCO)c(C(F)(F)F)[nH]c12. The molecule has 1 aromatic heterocycles. The summed E-state index contributed by atoms with van der Waals surface area (Å²) in [5, 5.41) is 9.55. The van der Waals surface area contributed by atoms with E-state index in [0.29, 0.717) is 10.9 Å². The Morgan fingerprint density at radius 3 is 2.33 bits per heavy atom. The number of aromatic nitrogens is 1. The first-order valence-electron chi connectivity index (χ1n) is 5.65. The molecule has 0 aliphatic heterocycles. The van der Waals surface area contributed by atoms with Crippen molar-refractivity contribution in [3.8, 4) is 0 Å². The Kier molecular flexibility index (Phi) is 3.11. The topological polar surface area (TPSA) is 36.0 Å². The summed E-state index contributed by atoms with van der Waals surface area (Å²) in [5.41, 5.74) is 1.46. The van der Waals surface area contributed by atoms with Crippen molar-refractivity contribution in [1.29, 1.82) is 0 Å². The number of aryl methyl sites for hydroxylation is 2. The van der Waals surface area contributed by atoms with Gasteiger partial charge in [-0.05, 0) is 37.0 Å². The minimum Gasteiger partial charge on any atom is -0.396 e. The molecular weight excluding hydrogens is 243 g/mol. The lowest BCUT2D eigenvalue weighted by Gasteiger charge is -2.07. The highest BCUT2D eigenvalue weighted by Crippen LogP contribution is 2.37. The third-order valence-corrected chi connectivity index (χ3v) is 3.12. The number of rotatable bonds is 2. The Labute approximate surface area is 102 Å². The van der Waals surface area contributed by atoms with Crippen LogP contribution in [0, 0.1) is 13.8 Å². The van der Waals surface area contributed by atoms with E-state index in [9.17, 15) is 13.2 Å². The highest BCUT2D eigenvalue weighted by atomic mass is 19.4. The summed E-state index contributed by atoms with van der Waals surface area (Å²) in [4.78, 5) is 2.46. The Morgan fingerprint density at radius 1 is 1.17 bits per heavy atom. The standard InChI is InChI=1S/C13H14F3NO/c1-7-3-4-8(2)11-10(7)9(5-6-18)12(17-11)13(14,15)16/h3-4,17-18H,5-6H2,1-2H3. The molecule has 2 aromatic rings. The van der Waals surface area contributed by atoms with Crippen LogP contribution in [0.2, 0.25) is 0 Å². The number of fused-ring (bicyclic) bond motifs is 1. The lowest BCUT2D eigenvalue weighted by Crippen LogP contribution is -2.09. The Bertz CT molecular complexity index is 584. The van der Waals surface area contributed by atoms with Gasteiger partial charge in [-0.2, -0.15) is 13.2 Å². The van der Waals surface area contributed by atoms with Crippen LogP contribution in [-0.2, 0) is 12.6 Å². The molecule has 0 saturated carbocycles. The van der Waals surface area contributed by atoms with Crippen molar-refractivity contribution in [3.63, 3.8) is 0 Å². The maximum Gasteiger partial charge on any atom is 0.431 e. The summed E-state index contributed by atoms with van der Waals surface area (Å²) in [7, 11) is 0. The summed E-state index contributed by atoms with van der Waals surface area (Å²) in [5.74, 6) is 0. The van der Waals surface area contributed by atoms with Crippen LogP contribution in [0.4, 0.5) is 13.2 Å². The molecule has 0 radical (unpaired) electrons. The molecule has 0 atom stereocenters. The summed E-state index contributed by atoms with van der Waals surface area (Å²) >= 11 is 0. The van der Waals surface area contributed by atoms with Gasteiger partial charge in [-0.15, -0.1) is 0 Å². The molecule has 98 valence electrons. The molecule has 0 spiro atoms. The lowest BCUT2D eigenvalue weighted by molar-refractivity contribution is -0.141. The first-order chi connectivity index (χ1) is 8.36. The first-order valence-corrected chi connectivity index (χ1v) is 5.65. The number of alkyl halides is 3. The van der Waals surface area contributed by atoms with Crippen LogP contribution in [-0.4, -0.2) is 16.7 Å². The third-order valence-electron chi connectivity index (χ3n) is 3.12. The molecule has 1 aromatic carbocycles. The second-order valence-corrected chi connectivity index (χ2v) is 4.40. The zero-order chi connectivity index (χ0) is 13.5. The Hall–Kier alpha value is -1.49. The van der Waals surface area contributed by atoms with E-state index in [4.69, 9.17) is 5.11 Å². The van der Waals surface area contributed by atoms with Crippen LogP contribution >= 0.6 is 0 Å². The number of aromatic amines is 1. The second-order valence-electron chi connectivity index (χ2n) is 4.40. The molecule has 0 aliphatic carbocycles. The minimum absolute atomic E-state index is 0.000856. The van der Waals surface area contributed by atoms with Crippen LogP contribution in [0.1, 0.15) is 22.4 Å². The Morgan fingerprint density at radius 2 is 1.78 bits per heavy atom. The van der Waals surface area contributed by atoms with E-state index < -0.39 is 11.9 Å². The number of H-pyrrole nitrogens is 1. The average Bonchev–Trinajstić information content (AvgIpc) is 2.65. The number of halogens is 3. The number of hydrogen-bond donors (Lipinski definition) is 2. The predicted octanol–water partition coefficient (Wildman–Crippen LogP) is 3.34. The number of aliphatic hydroxyl groups is 1. The molecule has 2 rings (SSSR count). The summed E-state index contributed by atoms with van der Waals surface area (Å²) in [6.07, 6.45) is -4.43. The van der Waals surface area contributed by atoms with Crippen molar-refractivity contribution in [2.75, 3.05) is 6.61 Å². The molecule has 1 heterocycles. The zero-order valence-electron chi connectivity index (χ0n) is 10.2. The molecule has 2 nitrogen and oxygen atoms in total. The highest BCUT2D eigenvalue weighted by molar-refractivity contribution is 5.90. The molecule has 0 amide bonds. The molecule has 2 N–H and O–H groups in total. The van der Waals surface area contributed by atoms with Gasteiger partial charge in [0.2, 0.25) is 0 Å². The smallest absolute Gasteiger partial charge is 0.396 e. The Balaban J connectivity index is 2.84. The van der Waals surface area contributed by atoms with E-state index in [2.05, 4.69) is 4.98 Å². The largest absolute Gasteiger partial charge is 0.431 e. The maximum absolute atomic E-state index is 13.0. The summed E-state index contributed by atoms with van der Waals surface area (Å²) < 4.78 is 38.9. The first kappa shape index (κ1) is 13.0. The van der Waals surface area contributed by atoms with Gasteiger partial charge >= 0.3 is 6.18 Å². The normalized spacial score (nSPS) is 12.3. The van der Waals surface area contributed by atoms with Crippen molar-refractivity contribution in [3.05, 3.63) is 34.5 Å². The van der Waals surface area contributed by atoms with E-state index in [-0.39, 0.29) is 18.6 Å². The van der Waals surface area contributed by atoms with Gasteiger partial charge < -0.3 is 10.1 Å². The van der Waals surface area contributed by atoms with Crippen LogP contribution < -0.4 is 0 Å². The van der Waals surface area contributed by atoms with Crippen LogP contribution in [0.5, 0.6) is 0 Å². The number of hydrogen-bond acceptors (Lipinski definition) is 1. The van der Waals surface area contributed by atoms with Gasteiger partial charge in [0.1, 0.15) is 5.69 Å². The molecule has 0 unspecified atom stereocenters. The van der Waals surface area contributed by atoms with Gasteiger partial charge in [0.05, 0.1) is 0 Å². The summed E-state index contributed by atoms with van der Waals surface area (Å²) in [6, 6.07) is 3.59. The maximum atomic E-state index is 13.0. The van der Waals surface area contributed by atoms with E-state index in [0.717, 1.165) is 11.1 Å². The quantitative estimate of drug-likeness (QED) is 0.850. The molecular formula is C13H14F3NO. The molecule has 0 saturated heterocycles. The molecule has 0 aliphatic rings. The fourth-order valence-electron chi connectivity index (χ4n) is 2.29. The number of nitrogens with one attached hydrogen (secondary N) is 1. The minimum atomic E-state index is -4.43. The summed E-state index contributed by atoms with van der Waals surface area (Å²) in [6.45, 7) is 3.24. The van der Waals surface area contributed by atoms with Gasteiger partial charge in [-0.25, -0.2) is 0 Å². The number of benzene rings is 1. The van der Waals surface area contributed by atoms with Crippen LogP contribution in [0.3, 0.4) is 0 Å². The van der Waals surface area contributed by atoms with E-state index in [1.165, 1.54) is 0 Å². The monoisotopic (exact) mass is 257 g/mol. The van der Waals surface area contributed by atoms with E-state index in [1.54, 1.807) is 26.0 Å². The zero-order valence-corrected chi connectivity index (χ0v) is 10.2. The average molecular weight is 257 g/mol. The van der Waals surface area contributed by atoms with Crippen LogP contribution in [0.25, 0.3) is 10.9 Å². The van der Waals surface area contributed by atoms with Crippen LogP contribution in [0.15, 0.2) is 12.1 Å². The lowest BCUT2D eigenvalue weighted by atomic mass is 10.0. The molecule has 0 bridgehead atoms. The van der Waals surface area contributed by atoms with E-state index in [1.807, 2.05) is 0 Å². The van der Waals surface area contributed by atoms with Gasteiger partial charge in [0.25, 0.3) is 0 Å². The molecule has 18 heavy (non-hydrogen) atoms. The van der Waals surface area contributed by atoms with Crippen molar-refractivity contribution in [2.45, 2.75) is 26.4 Å². The molecule has 5 heteroatoms. The van der Waals surface area contributed by atoms with E-state index >= 15 is 0 Å². The van der Waals surface area contributed by atoms with Crippen molar-refractivity contribution in [2.24, 2.45) is 0 Å². The van der Waals surface area contributed by atoms with Gasteiger partial charge in [-0.3, -0.25) is 0 Å². The molecule has 0 fully saturated rings. The van der Waals surface area contributed by atoms with Crippen molar-refractivity contribution >= 4 is 10.9 Å². The highest BCUT2D eigenvalue weighted by Gasteiger charge is 2.36. The number of aliphatic hydroxyl groups excluding tert-OH is 1. The predicted molar refractivity (Wildman–Crippen MR) is 63.6 cm³/mol. The van der Waals surface area contributed by atoms with Crippen molar-refractivity contribution in [1.82, 2.24) is 4.98 Å². The fourth-order valence-corrected chi connectivity index (χ4v) is 2.29. The third kappa shape index (κ3) is 1.99. The van der Waals surface area contributed by atoms with Crippen molar-refractivity contribution < 1.29 is 18.3 Å². The van der Waals surface area contributed by atoms with Gasteiger partial charge in [-0.1, -0.05) is 12.1 Å². The second kappa shape index (κ2) is 4.31. The van der Waals surface area contributed by atoms with Gasteiger partial charge in [0, 0.05) is 17.5 Å². The fraction of sp³-hybridized carbons (Fsp3) is 0.385.